The van der Waals surface area contributed by atoms with Gasteiger partial charge >= 0.3 is 11.9 Å². The number of nitrogens with one attached hydrogen (secondary N) is 1. The number of ether oxygens (including phenoxy) is 2. The number of nitrogens with zero attached hydrogens (tertiary/aromatic N) is 4. The average Bonchev–Trinajstić information content (AvgIpc) is 3.49. The fourth-order valence-electron chi connectivity index (χ4n) is 6.36. The summed E-state index contributed by atoms with van der Waals surface area (Å²) in [7, 11) is 0. The van der Waals surface area contributed by atoms with E-state index >= 15 is 0 Å². The Hall–Kier alpha value is -3.19. The average molecular weight is 614 g/mol. The lowest BCUT2D eigenvalue weighted by Gasteiger charge is -2.60. The molecule has 12 heteroatoms. The molecule has 5 rings (SSSR count). The van der Waals surface area contributed by atoms with Gasteiger partial charge in [-0.05, 0) is 58.2 Å². The molecule has 0 bridgehead atoms. The summed E-state index contributed by atoms with van der Waals surface area (Å²) < 4.78 is 25.5. The maximum atomic E-state index is 14.7. The predicted octanol–water partition coefficient (Wildman–Crippen LogP) is 3.21. The van der Waals surface area contributed by atoms with Crippen molar-refractivity contribution in [1.29, 1.82) is 0 Å². The molecule has 0 unspecified atom stereocenters. The fraction of sp³-hybridized carbons (Fsp3) is 0.548. The van der Waals surface area contributed by atoms with Gasteiger partial charge < -0.3 is 19.9 Å². The number of fused-ring (bicyclic) bond motifs is 1. The molecule has 1 aromatic carbocycles. The van der Waals surface area contributed by atoms with Gasteiger partial charge in [-0.1, -0.05) is 12.1 Å². The number of carbonyl (C=O) groups is 2. The van der Waals surface area contributed by atoms with Gasteiger partial charge in [0, 0.05) is 56.0 Å². The van der Waals surface area contributed by atoms with Gasteiger partial charge in [0.1, 0.15) is 17.5 Å². The Labute approximate surface area is 255 Å². The number of likely N-dealkylation sites (tertiary alicyclic amines) is 2. The van der Waals surface area contributed by atoms with Crippen molar-refractivity contribution in [3.63, 3.8) is 0 Å². The number of aliphatic hydroxyl groups is 1. The van der Waals surface area contributed by atoms with E-state index in [0.29, 0.717) is 79.0 Å². The fourth-order valence-corrected chi connectivity index (χ4v) is 6.95. The molecule has 0 aliphatic carbocycles. The molecule has 0 saturated carbocycles. The highest BCUT2D eigenvalue weighted by Crippen LogP contribution is 2.40. The topological polar surface area (TPSA) is 117 Å². The van der Waals surface area contributed by atoms with E-state index in [9.17, 15) is 19.1 Å². The lowest BCUT2D eigenvalue weighted by Crippen LogP contribution is -2.77. The number of amidine groups is 1. The smallest absolute Gasteiger partial charge is 0.338 e. The van der Waals surface area contributed by atoms with Crippen molar-refractivity contribution in [3.8, 4) is 0 Å². The van der Waals surface area contributed by atoms with Gasteiger partial charge in [-0.3, -0.25) is 19.6 Å². The van der Waals surface area contributed by atoms with Gasteiger partial charge in [-0.2, -0.15) is 0 Å². The second-order valence-corrected chi connectivity index (χ2v) is 12.9. The Morgan fingerprint density at radius 3 is 2.67 bits per heavy atom. The minimum atomic E-state index is -0.951. The molecule has 2 saturated heterocycles. The molecule has 2 fully saturated rings. The molecule has 10 nitrogen and oxygen atoms in total. The van der Waals surface area contributed by atoms with Gasteiger partial charge in [0.25, 0.3) is 0 Å². The van der Waals surface area contributed by atoms with E-state index in [0.717, 1.165) is 0 Å². The molecule has 0 radical (unpaired) electrons. The minimum Gasteiger partial charge on any atom is -0.466 e. The van der Waals surface area contributed by atoms with Crippen molar-refractivity contribution < 1.29 is 28.6 Å². The minimum absolute atomic E-state index is 0.0783. The van der Waals surface area contributed by atoms with Crippen LogP contribution in [0.2, 0.25) is 0 Å². The van der Waals surface area contributed by atoms with Gasteiger partial charge in [-0.25, -0.2) is 14.2 Å². The molecule has 3 aliphatic heterocycles. The summed E-state index contributed by atoms with van der Waals surface area (Å²) in [5, 5.41) is 17.4. The molecule has 2 aromatic rings. The summed E-state index contributed by atoms with van der Waals surface area (Å²) in [6, 6.07) is 3.91. The van der Waals surface area contributed by atoms with E-state index in [1.165, 1.54) is 17.4 Å². The monoisotopic (exact) mass is 613 g/mol. The zero-order valence-corrected chi connectivity index (χ0v) is 26.2. The molecule has 0 amide bonds. The third kappa shape index (κ3) is 6.24. The lowest BCUT2D eigenvalue weighted by atomic mass is 9.76. The molecule has 1 aromatic heterocycles. The van der Waals surface area contributed by atoms with Crippen LogP contribution in [0.3, 0.4) is 0 Å². The molecule has 2 N–H and O–H groups in total. The Kier molecular flexibility index (Phi) is 9.03. The highest BCUT2D eigenvalue weighted by molar-refractivity contribution is 7.11. The predicted molar refractivity (Wildman–Crippen MR) is 161 cm³/mol. The number of piperidine rings is 1. The summed E-state index contributed by atoms with van der Waals surface area (Å²) in [6.07, 6.45) is 2.38. The first-order valence-corrected chi connectivity index (χ1v) is 15.6. The van der Waals surface area contributed by atoms with Gasteiger partial charge in [0.05, 0.1) is 24.2 Å². The van der Waals surface area contributed by atoms with Crippen LogP contribution in [-0.2, 0) is 19.1 Å². The van der Waals surface area contributed by atoms with Crippen LogP contribution in [-0.4, -0.2) is 95.2 Å². The van der Waals surface area contributed by atoms with Crippen LogP contribution >= 0.6 is 11.3 Å². The first-order chi connectivity index (χ1) is 20.5. The summed E-state index contributed by atoms with van der Waals surface area (Å²) in [6.45, 7) is 11.8. The van der Waals surface area contributed by atoms with Crippen LogP contribution in [0.15, 0.2) is 46.0 Å². The third-order valence-corrected chi connectivity index (χ3v) is 9.20. The lowest BCUT2D eigenvalue weighted by molar-refractivity contribution is -0.196. The van der Waals surface area contributed by atoms with Gasteiger partial charge in [0.15, 0.2) is 10.8 Å². The van der Waals surface area contributed by atoms with Crippen LogP contribution in [0.4, 0.5) is 4.39 Å². The van der Waals surface area contributed by atoms with Crippen LogP contribution in [0.25, 0.3) is 0 Å². The van der Waals surface area contributed by atoms with E-state index in [4.69, 9.17) is 14.5 Å². The highest BCUT2D eigenvalue weighted by atomic mass is 32.1. The van der Waals surface area contributed by atoms with Crippen molar-refractivity contribution in [2.45, 2.75) is 58.7 Å². The normalized spacial score (nSPS) is 24.5. The van der Waals surface area contributed by atoms with Crippen molar-refractivity contribution in [3.05, 3.63) is 63.0 Å². The standard InChI is InChI=1S/C31H40FN5O5S/c1-6-41-28(38)24-22(34-26(27-33-12-14-43-27)35-25(24)20-9-8-10-21(32)19(20)3)15-36-13-11-23-31(40,17-36)18-37(23)16-30(4,5)29(39)42-7-2/h8-10,12,14,23,25,40H,6-7,11,13,15-18H2,1-5H3,(H,34,35)/t23-,25+,31+/m1/s1. The van der Waals surface area contributed by atoms with Crippen molar-refractivity contribution >= 4 is 29.1 Å². The van der Waals surface area contributed by atoms with E-state index < -0.39 is 23.0 Å². The zero-order valence-electron chi connectivity index (χ0n) is 25.4. The Morgan fingerprint density at radius 1 is 1.23 bits per heavy atom. The Morgan fingerprint density at radius 2 is 2.00 bits per heavy atom. The van der Waals surface area contributed by atoms with Crippen molar-refractivity contribution in [2.24, 2.45) is 10.4 Å². The van der Waals surface area contributed by atoms with E-state index in [1.54, 1.807) is 39.1 Å². The third-order valence-electron chi connectivity index (χ3n) is 8.42. The molecule has 43 heavy (non-hydrogen) atoms. The maximum absolute atomic E-state index is 14.7. The number of hydrogen-bond donors (Lipinski definition) is 2. The van der Waals surface area contributed by atoms with E-state index in [2.05, 4.69) is 20.1 Å². The molecular weight excluding hydrogens is 573 g/mol. The van der Waals surface area contributed by atoms with Crippen molar-refractivity contribution in [2.75, 3.05) is 45.9 Å². The number of rotatable bonds is 10. The number of β-amino-alcohol motifs (C(OH)–C–C–N with tert-alkyl or cyclic N) is 1. The molecule has 3 atom stereocenters. The van der Waals surface area contributed by atoms with Gasteiger partial charge in [0.2, 0.25) is 0 Å². The summed E-state index contributed by atoms with van der Waals surface area (Å²) in [5.41, 5.74) is 0.258. The maximum Gasteiger partial charge on any atom is 0.338 e. The molecule has 4 heterocycles. The number of aromatic nitrogens is 1. The Bertz CT molecular complexity index is 1430. The molecular formula is C31H40FN5O5S. The number of carbonyl (C=O) groups excluding carboxylic acids is 2. The van der Waals surface area contributed by atoms with Crippen LogP contribution in [0, 0.1) is 18.2 Å². The van der Waals surface area contributed by atoms with Gasteiger partial charge in [-0.15, -0.1) is 11.3 Å². The summed E-state index contributed by atoms with van der Waals surface area (Å²) >= 11 is 1.41. The summed E-state index contributed by atoms with van der Waals surface area (Å²) in [4.78, 5) is 39.5. The van der Waals surface area contributed by atoms with E-state index in [-0.39, 0.29) is 24.4 Å². The molecule has 232 valence electrons. The van der Waals surface area contributed by atoms with Crippen molar-refractivity contribution in [1.82, 2.24) is 20.1 Å². The second kappa shape index (κ2) is 12.4. The summed E-state index contributed by atoms with van der Waals surface area (Å²) in [5.74, 6) is -0.649. The number of hydrogen-bond acceptors (Lipinski definition) is 11. The number of esters is 2. The number of thiazole rings is 1. The number of halogens is 1. The first kappa shape index (κ1) is 31.2. The second-order valence-electron chi connectivity index (χ2n) is 12.0. The molecule has 0 spiro atoms. The SMILES string of the molecule is CCOC(=O)C1=C(CN2CC[C@H]3N(CC(C)(C)C(=O)OCC)C[C@@]3(O)C2)NC(c2nccs2)=N[C@H]1c1cccc(F)c1C. The van der Waals surface area contributed by atoms with E-state index in [1.807, 2.05) is 19.2 Å². The quantitative estimate of drug-likeness (QED) is 0.390. The Balaban J connectivity index is 1.41. The highest BCUT2D eigenvalue weighted by Gasteiger charge is 2.55. The first-order valence-electron chi connectivity index (χ1n) is 14.7. The zero-order chi connectivity index (χ0) is 30.9. The number of aliphatic imine (C=N–C) groups is 1. The molecule has 3 aliphatic rings. The van der Waals surface area contributed by atoms with Crippen LogP contribution < -0.4 is 5.32 Å². The van der Waals surface area contributed by atoms with Crippen LogP contribution in [0.5, 0.6) is 0 Å². The largest absolute Gasteiger partial charge is 0.466 e. The number of benzene rings is 1. The van der Waals surface area contributed by atoms with Crippen LogP contribution in [0.1, 0.15) is 56.3 Å².